The number of amides is 2. The Labute approximate surface area is 99.2 Å². The smallest absolute Gasteiger partial charge is 0.308 e. The van der Waals surface area contributed by atoms with Crippen LogP contribution in [0.3, 0.4) is 0 Å². The Bertz CT molecular complexity index is 368. The SMILES string of the molecule is CC(=O)N1CCC(N2CC(C(=O)O)CC2=O)C1. The molecular weight excluding hydrogens is 224 g/mol. The van der Waals surface area contributed by atoms with Gasteiger partial charge in [-0.15, -0.1) is 0 Å². The zero-order valence-corrected chi connectivity index (χ0v) is 9.76. The van der Waals surface area contributed by atoms with Crippen LogP contribution in [0.4, 0.5) is 0 Å². The molecule has 0 aromatic rings. The number of rotatable bonds is 2. The standard InChI is InChI=1S/C11H16N2O4/c1-7(14)12-3-2-9(6-12)13-5-8(11(16)17)4-10(13)15/h8-9H,2-6H2,1H3,(H,16,17). The van der Waals surface area contributed by atoms with Crippen LogP contribution in [0.2, 0.25) is 0 Å². The zero-order chi connectivity index (χ0) is 12.6. The van der Waals surface area contributed by atoms with E-state index in [1.807, 2.05) is 0 Å². The fraction of sp³-hybridized carbons (Fsp3) is 0.727. The molecule has 0 saturated carbocycles. The first kappa shape index (κ1) is 11.9. The number of hydrogen-bond acceptors (Lipinski definition) is 3. The third-order valence-corrected chi connectivity index (χ3v) is 3.56. The molecule has 2 heterocycles. The summed E-state index contributed by atoms with van der Waals surface area (Å²) in [6, 6.07) is -0.00394. The summed E-state index contributed by atoms with van der Waals surface area (Å²) in [7, 11) is 0. The van der Waals surface area contributed by atoms with Crippen molar-refractivity contribution in [2.75, 3.05) is 19.6 Å². The van der Waals surface area contributed by atoms with Crippen LogP contribution in [0, 0.1) is 5.92 Å². The number of aliphatic carboxylic acids is 1. The van der Waals surface area contributed by atoms with Gasteiger partial charge >= 0.3 is 5.97 Å². The quantitative estimate of drug-likeness (QED) is 0.708. The second kappa shape index (κ2) is 4.35. The van der Waals surface area contributed by atoms with Gasteiger partial charge in [-0.1, -0.05) is 0 Å². The van der Waals surface area contributed by atoms with Gasteiger partial charge in [0.15, 0.2) is 0 Å². The van der Waals surface area contributed by atoms with Gasteiger partial charge in [-0.05, 0) is 6.42 Å². The fourth-order valence-corrected chi connectivity index (χ4v) is 2.53. The first-order valence-corrected chi connectivity index (χ1v) is 5.77. The Morgan fingerprint density at radius 1 is 1.35 bits per heavy atom. The second-order valence-corrected chi connectivity index (χ2v) is 4.69. The van der Waals surface area contributed by atoms with Crippen LogP contribution in [-0.2, 0) is 14.4 Å². The average molecular weight is 240 g/mol. The van der Waals surface area contributed by atoms with Crippen LogP contribution in [0.5, 0.6) is 0 Å². The summed E-state index contributed by atoms with van der Waals surface area (Å²) in [5, 5.41) is 8.89. The van der Waals surface area contributed by atoms with Gasteiger partial charge in [0, 0.05) is 33.0 Å². The molecule has 2 amide bonds. The highest BCUT2D eigenvalue weighted by molar-refractivity contribution is 5.86. The van der Waals surface area contributed by atoms with Crippen LogP contribution in [0.25, 0.3) is 0 Å². The molecule has 2 aliphatic rings. The molecule has 0 aliphatic carbocycles. The number of nitrogens with zero attached hydrogens (tertiary/aromatic N) is 2. The molecule has 2 atom stereocenters. The van der Waals surface area contributed by atoms with Crippen LogP contribution in [0.1, 0.15) is 19.8 Å². The predicted octanol–water partition coefficient (Wildman–Crippen LogP) is -0.460. The summed E-state index contributed by atoms with van der Waals surface area (Å²) in [6.45, 7) is 2.98. The predicted molar refractivity (Wildman–Crippen MR) is 58.1 cm³/mol. The van der Waals surface area contributed by atoms with E-state index in [4.69, 9.17) is 5.11 Å². The molecule has 2 rings (SSSR count). The van der Waals surface area contributed by atoms with Gasteiger partial charge < -0.3 is 14.9 Å². The summed E-state index contributed by atoms with van der Waals surface area (Å²) in [6.07, 6.45) is 0.837. The third kappa shape index (κ3) is 2.25. The molecule has 0 spiro atoms. The van der Waals surface area contributed by atoms with Crippen molar-refractivity contribution in [2.24, 2.45) is 5.92 Å². The maximum Gasteiger partial charge on any atom is 0.308 e. The Hall–Kier alpha value is -1.59. The van der Waals surface area contributed by atoms with E-state index in [0.29, 0.717) is 13.1 Å². The Morgan fingerprint density at radius 2 is 2.06 bits per heavy atom. The van der Waals surface area contributed by atoms with Crippen molar-refractivity contribution in [1.82, 2.24) is 9.80 Å². The number of carboxylic acid groups (broad SMARTS) is 1. The maximum atomic E-state index is 11.7. The molecule has 2 aliphatic heterocycles. The third-order valence-electron chi connectivity index (χ3n) is 3.56. The minimum Gasteiger partial charge on any atom is -0.481 e. The van der Waals surface area contributed by atoms with E-state index >= 15 is 0 Å². The molecule has 0 bridgehead atoms. The van der Waals surface area contributed by atoms with Crippen LogP contribution < -0.4 is 0 Å². The molecule has 0 aromatic heterocycles. The lowest BCUT2D eigenvalue weighted by atomic mass is 10.1. The lowest BCUT2D eigenvalue weighted by Gasteiger charge is -2.24. The highest BCUT2D eigenvalue weighted by Crippen LogP contribution is 2.25. The van der Waals surface area contributed by atoms with Crippen molar-refractivity contribution in [3.8, 4) is 0 Å². The Balaban J connectivity index is 1.98. The van der Waals surface area contributed by atoms with Crippen molar-refractivity contribution < 1.29 is 19.5 Å². The van der Waals surface area contributed by atoms with E-state index in [1.165, 1.54) is 6.92 Å². The van der Waals surface area contributed by atoms with Gasteiger partial charge in [0.25, 0.3) is 0 Å². The van der Waals surface area contributed by atoms with E-state index < -0.39 is 11.9 Å². The molecule has 2 fully saturated rings. The molecule has 94 valence electrons. The van der Waals surface area contributed by atoms with Crippen molar-refractivity contribution in [3.63, 3.8) is 0 Å². The van der Waals surface area contributed by atoms with Gasteiger partial charge in [0.1, 0.15) is 0 Å². The summed E-state index contributed by atoms with van der Waals surface area (Å²) in [5.41, 5.74) is 0. The number of likely N-dealkylation sites (tertiary alicyclic amines) is 2. The molecule has 0 radical (unpaired) electrons. The van der Waals surface area contributed by atoms with E-state index in [0.717, 1.165) is 6.42 Å². The maximum absolute atomic E-state index is 11.7. The number of carbonyl (C=O) groups is 3. The molecule has 1 N–H and O–H groups in total. The number of carboxylic acids is 1. The number of hydrogen-bond donors (Lipinski definition) is 1. The van der Waals surface area contributed by atoms with Gasteiger partial charge in [-0.25, -0.2) is 0 Å². The summed E-state index contributed by atoms with van der Waals surface area (Å²) in [4.78, 5) is 37.1. The Kier molecular flexibility index (Phi) is 3.04. The monoisotopic (exact) mass is 240 g/mol. The van der Waals surface area contributed by atoms with E-state index in [9.17, 15) is 14.4 Å². The molecule has 2 unspecified atom stereocenters. The average Bonchev–Trinajstić information content (AvgIpc) is 2.83. The molecule has 2 saturated heterocycles. The molecular formula is C11H16N2O4. The van der Waals surface area contributed by atoms with Gasteiger partial charge in [-0.3, -0.25) is 14.4 Å². The highest BCUT2D eigenvalue weighted by atomic mass is 16.4. The summed E-state index contributed by atoms with van der Waals surface area (Å²) < 4.78 is 0. The van der Waals surface area contributed by atoms with Crippen LogP contribution in [0.15, 0.2) is 0 Å². The van der Waals surface area contributed by atoms with Crippen LogP contribution >= 0.6 is 0 Å². The van der Waals surface area contributed by atoms with Crippen LogP contribution in [-0.4, -0.2) is 58.4 Å². The first-order chi connectivity index (χ1) is 7.99. The van der Waals surface area contributed by atoms with Crippen molar-refractivity contribution >= 4 is 17.8 Å². The summed E-state index contributed by atoms with van der Waals surface area (Å²) >= 11 is 0. The van der Waals surface area contributed by atoms with E-state index in [-0.39, 0.29) is 30.8 Å². The fourth-order valence-electron chi connectivity index (χ4n) is 2.53. The summed E-state index contributed by atoms with van der Waals surface area (Å²) in [5.74, 6) is -1.60. The van der Waals surface area contributed by atoms with E-state index in [1.54, 1.807) is 9.80 Å². The number of carbonyl (C=O) groups excluding carboxylic acids is 2. The minimum absolute atomic E-state index is 0.00394. The van der Waals surface area contributed by atoms with Crippen molar-refractivity contribution in [2.45, 2.75) is 25.8 Å². The minimum atomic E-state index is -0.915. The van der Waals surface area contributed by atoms with Gasteiger partial charge in [-0.2, -0.15) is 0 Å². The first-order valence-electron chi connectivity index (χ1n) is 5.77. The lowest BCUT2D eigenvalue weighted by Crippen LogP contribution is -2.39. The second-order valence-electron chi connectivity index (χ2n) is 4.69. The van der Waals surface area contributed by atoms with Crippen molar-refractivity contribution in [3.05, 3.63) is 0 Å². The molecule has 0 aromatic carbocycles. The van der Waals surface area contributed by atoms with Crippen molar-refractivity contribution in [1.29, 1.82) is 0 Å². The molecule has 6 heteroatoms. The largest absolute Gasteiger partial charge is 0.481 e. The molecule has 6 nitrogen and oxygen atoms in total. The van der Waals surface area contributed by atoms with Gasteiger partial charge in [0.2, 0.25) is 11.8 Å². The normalized spacial score (nSPS) is 28.9. The lowest BCUT2D eigenvalue weighted by molar-refractivity contribution is -0.141. The topological polar surface area (TPSA) is 77.9 Å². The van der Waals surface area contributed by atoms with Gasteiger partial charge in [0.05, 0.1) is 12.0 Å². The zero-order valence-electron chi connectivity index (χ0n) is 9.76. The Morgan fingerprint density at radius 3 is 2.53 bits per heavy atom. The van der Waals surface area contributed by atoms with E-state index in [2.05, 4.69) is 0 Å². The molecule has 17 heavy (non-hydrogen) atoms. The highest BCUT2D eigenvalue weighted by Gasteiger charge is 2.40.